The lowest BCUT2D eigenvalue weighted by Gasteiger charge is -2.18. The molecule has 0 aromatic rings. The highest BCUT2D eigenvalue weighted by molar-refractivity contribution is 5.83. The van der Waals surface area contributed by atoms with Crippen LogP contribution in [-0.4, -0.2) is 11.6 Å². The molecular weight excluding hydrogens is 164 g/mol. The van der Waals surface area contributed by atoms with Crippen molar-refractivity contribution in [1.82, 2.24) is 0 Å². The Hall–Kier alpha value is -0.790. The zero-order valence-electron chi connectivity index (χ0n) is 9.47. The minimum atomic E-state index is -0.398. The van der Waals surface area contributed by atoms with E-state index in [4.69, 9.17) is 4.74 Å². The zero-order valence-corrected chi connectivity index (χ0v) is 9.47. The molecule has 2 nitrogen and oxygen atoms in total. The first-order valence-corrected chi connectivity index (χ1v) is 4.63. The van der Waals surface area contributed by atoms with Crippen LogP contribution in [0.1, 0.15) is 41.5 Å². The van der Waals surface area contributed by atoms with Crippen molar-refractivity contribution in [2.75, 3.05) is 0 Å². The summed E-state index contributed by atoms with van der Waals surface area (Å²) < 4.78 is 5.14. The van der Waals surface area contributed by atoms with Crippen LogP contribution in [0.3, 0.4) is 0 Å². The summed E-state index contributed by atoms with van der Waals surface area (Å²) in [7, 11) is 0. The molecular formula is C11H20O2. The molecule has 0 saturated heterocycles. The van der Waals surface area contributed by atoms with Crippen LogP contribution >= 0.6 is 0 Å². The predicted octanol–water partition coefficient (Wildman–Crippen LogP) is 2.93. The van der Waals surface area contributed by atoms with E-state index in [-0.39, 0.29) is 5.97 Å². The van der Waals surface area contributed by atoms with Crippen molar-refractivity contribution in [3.63, 3.8) is 0 Å². The highest BCUT2D eigenvalue weighted by atomic mass is 16.6. The first kappa shape index (κ1) is 12.2. The maximum atomic E-state index is 11.3. The van der Waals surface area contributed by atoms with E-state index >= 15 is 0 Å². The Morgan fingerprint density at radius 1 is 1.31 bits per heavy atom. The number of hydrogen-bond donors (Lipinski definition) is 0. The molecule has 0 spiro atoms. The highest BCUT2D eigenvalue weighted by Crippen LogP contribution is 2.11. The van der Waals surface area contributed by atoms with Gasteiger partial charge in [-0.3, -0.25) is 0 Å². The van der Waals surface area contributed by atoms with Gasteiger partial charge in [-0.2, -0.15) is 0 Å². The molecule has 0 amide bonds. The van der Waals surface area contributed by atoms with E-state index in [1.54, 1.807) is 6.08 Å². The summed E-state index contributed by atoms with van der Waals surface area (Å²) in [5.74, 6) is 0.145. The van der Waals surface area contributed by atoms with Crippen molar-refractivity contribution in [3.05, 3.63) is 11.6 Å². The zero-order chi connectivity index (χ0) is 10.6. The molecule has 0 aliphatic heterocycles. The van der Waals surface area contributed by atoms with Crippen LogP contribution in [0.4, 0.5) is 0 Å². The summed E-state index contributed by atoms with van der Waals surface area (Å²) in [6.07, 6.45) is 1.57. The van der Waals surface area contributed by atoms with Gasteiger partial charge in [-0.1, -0.05) is 19.4 Å². The van der Waals surface area contributed by atoms with Gasteiger partial charge in [0, 0.05) is 6.08 Å². The number of esters is 1. The summed E-state index contributed by atoms with van der Waals surface area (Å²) in [4.78, 5) is 11.3. The number of hydrogen-bond acceptors (Lipinski definition) is 2. The van der Waals surface area contributed by atoms with Crippen LogP contribution in [0.2, 0.25) is 0 Å². The fourth-order valence-corrected chi connectivity index (χ4v) is 0.684. The predicted molar refractivity (Wildman–Crippen MR) is 54.4 cm³/mol. The van der Waals surface area contributed by atoms with Crippen LogP contribution in [-0.2, 0) is 9.53 Å². The van der Waals surface area contributed by atoms with Crippen molar-refractivity contribution in [3.8, 4) is 0 Å². The molecule has 0 atom stereocenters. The second-order valence-corrected chi connectivity index (χ2v) is 4.58. The summed E-state index contributed by atoms with van der Waals surface area (Å²) >= 11 is 0. The molecule has 0 saturated carbocycles. The van der Waals surface area contributed by atoms with Crippen molar-refractivity contribution in [1.29, 1.82) is 0 Å². The average Bonchev–Trinajstić information content (AvgIpc) is 1.81. The van der Waals surface area contributed by atoms with E-state index in [0.29, 0.717) is 5.92 Å². The average molecular weight is 184 g/mol. The molecule has 2 heteroatoms. The Bertz CT molecular complexity index is 207. The number of ether oxygens (including phenoxy) is 1. The van der Waals surface area contributed by atoms with Gasteiger partial charge in [-0.15, -0.1) is 0 Å². The van der Waals surface area contributed by atoms with E-state index in [2.05, 4.69) is 13.8 Å². The summed E-state index contributed by atoms with van der Waals surface area (Å²) in [5.41, 5.74) is 0.652. The number of rotatable bonds is 2. The van der Waals surface area contributed by atoms with E-state index in [1.165, 1.54) is 0 Å². The monoisotopic (exact) mass is 184 g/mol. The second-order valence-electron chi connectivity index (χ2n) is 4.58. The molecule has 0 fully saturated rings. The SMILES string of the molecule is C/C(=C\C(=O)OC(C)(C)C)C(C)C. The van der Waals surface area contributed by atoms with E-state index in [1.807, 2.05) is 27.7 Å². The van der Waals surface area contributed by atoms with Crippen LogP contribution in [0.25, 0.3) is 0 Å². The van der Waals surface area contributed by atoms with Crippen LogP contribution in [0.5, 0.6) is 0 Å². The molecule has 0 aromatic carbocycles. The Balaban J connectivity index is 4.24. The van der Waals surface area contributed by atoms with Gasteiger partial charge in [0.25, 0.3) is 0 Å². The Morgan fingerprint density at radius 2 is 1.77 bits per heavy atom. The molecule has 0 aliphatic rings. The fourth-order valence-electron chi connectivity index (χ4n) is 0.684. The van der Waals surface area contributed by atoms with E-state index in [9.17, 15) is 4.79 Å². The lowest BCUT2D eigenvalue weighted by molar-refractivity contribution is -0.148. The Kier molecular flexibility index (Phi) is 4.18. The van der Waals surface area contributed by atoms with Gasteiger partial charge in [0.05, 0.1) is 0 Å². The van der Waals surface area contributed by atoms with Crippen molar-refractivity contribution in [2.24, 2.45) is 5.92 Å². The van der Waals surface area contributed by atoms with E-state index in [0.717, 1.165) is 5.57 Å². The Morgan fingerprint density at radius 3 is 2.08 bits per heavy atom. The van der Waals surface area contributed by atoms with Gasteiger partial charge in [-0.05, 0) is 33.6 Å². The molecule has 76 valence electrons. The summed E-state index contributed by atoms with van der Waals surface area (Å²) in [6.45, 7) is 11.6. The molecule has 13 heavy (non-hydrogen) atoms. The second kappa shape index (κ2) is 4.45. The summed E-state index contributed by atoms with van der Waals surface area (Å²) in [6, 6.07) is 0. The lowest BCUT2D eigenvalue weighted by Crippen LogP contribution is -2.22. The third kappa shape index (κ3) is 6.38. The van der Waals surface area contributed by atoms with Gasteiger partial charge in [0.1, 0.15) is 5.60 Å². The molecule has 0 rings (SSSR count). The normalized spacial score (nSPS) is 13.3. The maximum absolute atomic E-state index is 11.3. The van der Waals surface area contributed by atoms with Gasteiger partial charge in [-0.25, -0.2) is 4.79 Å². The smallest absolute Gasteiger partial charge is 0.331 e. The van der Waals surface area contributed by atoms with Crippen molar-refractivity contribution in [2.45, 2.75) is 47.1 Å². The van der Waals surface area contributed by atoms with Gasteiger partial charge in [0.15, 0.2) is 0 Å². The third-order valence-corrected chi connectivity index (χ3v) is 1.66. The molecule has 0 bridgehead atoms. The quantitative estimate of drug-likeness (QED) is 0.487. The van der Waals surface area contributed by atoms with Gasteiger partial charge < -0.3 is 4.74 Å². The minimum Gasteiger partial charge on any atom is -0.457 e. The summed E-state index contributed by atoms with van der Waals surface area (Å²) in [5, 5.41) is 0. The number of carbonyl (C=O) groups excluding carboxylic acids is 1. The van der Waals surface area contributed by atoms with Gasteiger partial charge >= 0.3 is 5.97 Å². The first-order chi connectivity index (χ1) is 5.72. The molecule has 0 aromatic heterocycles. The van der Waals surface area contributed by atoms with Crippen LogP contribution in [0.15, 0.2) is 11.6 Å². The molecule has 0 radical (unpaired) electrons. The topological polar surface area (TPSA) is 26.3 Å². The van der Waals surface area contributed by atoms with Crippen molar-refractivity contribution < 1.29 is 9.53 Å². The van der Waals surface area contributed by atoms with Crippen LogP contribution < -0.4 is 0 Å². The van der Waals surface area contributed by atoms with Crippen LogP contribution in [0, 0.1) is 5.92 Å². The maximum Gasteiger partial charge on any atom is 0.331 e. The first-order valence-electron chi connectivity index (χ1n) is 4.63. The fraction of sp³-hybridized carbons (Fsp3) is 0.727. The molecule has 0 N–H and O–H groups in total. The third-order valence-electron chi connectivity index (χ3n) is 1.66. The molecule has 0 aliphatic carbocycles. The number of carbonyl (C=O) groups is 1. The van der Waals surface area contributed by atoms with Gasteiger partial charge in [0.2, 0.25) is 0 Å². The number of allylic oxidation sites excluding steroid dienone is 1. The minimum absolute atomic E-state index is 0.251. The molecule has 0 heterocycles. The Labute approximate surface area is 81.0 Å². The lowest BCUT2D eigenvalue weighted by atomic mass is 10.1. The van der Waals surface area contributed by atoms with E-state index < -0.39 is 5.60 Å². The molecule has 0 unspecified atom stereocenters. The largest absolute Gasteiger partial charge is 0.457 e. The highest BCUT2D eigenvalue weighted by Gasteiger charge is 2.14. The van der Waals surface area contributed by atoms with Crippen molar-refractivity contribution >= 4 is 5.97 Å². The standard InChI is InChI=1S/C11H20O2/c1-8(2)9(3)7-10(12)13-11(4,5)6/h7-8H,1-6H3/b9-7+.